The summed E-state index contributed by atoms with van der Waals surface area (Å²) < 4.78 is 43.2. The lowest BCUT2D eigenvalue weighted by atomic mass is 10.1. The van der Waals surface area contributed by atoms with E-state index >= 15 is 0 Å². The van der Waals surface area contributed by atoms with Crippen LogP contribution in [0.2, 0.25) is 0 Å². The fraction of sp³-hybridized carbons (Fsp3) is 0.769. The number of rotatable bonds is 7. The molecule has 0 saturated heterocycles. The number of ether oxygens (including phenoxy) is 2. The van der Waals surface area contributed by atoms with Crippen molar-refractivity contribution < 1.29 is 42.1 Å². The summed E-state index contributed by atoms with van der Waals surface area (Å²) in [5.74, 6) is -1.27. The SMILES string of the molecule is CC(C)(C)OC(=O)N[C@@H](CCCCNC(=O)OC(F)(F)F)C(=O)O. The van der Waals surface area contributed by atoms with Crippen molar-refractivity contribution >= 4 is 18.2 Å². The van der Waals surface area contributed by atoms with Crippen LogP contribution in [0.3, 0.4) is 0 Å². The molecule has 0 bridgehead atoms. The third-order valence-corrected chi connectivity index (χ3v) is 2.39. The van der Waals surface area contributed by atoms with Gasteiger partial charge in [0.15, 0.2) is 0 Å². The second kappa shape index (κ2) is 9.18. The lowest BCUT2D eigenvalue weighted by Gasteiger charge is -2.22. The zero-order chi connectivity index (χ0) is 19.0. The van der Waals surface area contributed by atoms with Gasteiger partial charge in [-0.3, -0.25) is 0 Å². The number of aliphatic carboxylic acids is 1. The fourth-order valence-corrected chi connectivity index (χ4v) is 1.51. The number of alkyl halides is 3. The Kier molecular flexibility index (Phi) is 8.34. The molecule has 0 rings (SSSR count). The Morgan fingerprint density at radius 2 is 1.62 bits per heavy atom. The summed E-state index contributed by atoms with van der Waals surface area (Å²) in [6.07, 6.45) is -7.13. The van der Waals surface area contributed by atoms with Crippen molar-refractivity contribution in [2.45, 2.75) is 58.0 Å². The molecular formula is C13H21F3N2O6. The predicted octanol–water partition coefficient (Wildman–Crippen LogP) is 2.38. The molecule has 0 aromatic heterocycles. The maximum Gasteiger partial charge on any atom is 0.576 e. The van der Waals surface area contributed by atoms with Gasteiger partial charge in [0.2, 0.25) is 0 Å². The highest BCUT2D eigenvalue weighted by atomic mass is 19.4. The topological polar surface area (TPSA) is 114 Å². The first kappa shape index (κ1) is 21.8. The average Bonchev–Trinajstić information content (AvgIpc) is 2.32. The van der Waals surface area contributed by atoms with Gasteiger partial charge in [-0.25, -0.2) is 14.4 Å². The Labute approximate surface area is 136 Å². The van der Waals surface area contributed by atoms with E-state index in [2.05, 4.69) is 10.1 Å². The van der Waals surface area contributed by atoms with Crippen LogP contribution >= 0.6 is 0 Å². The Hall–Kier alpha value is -2.20. The van der Waals surface area contributed by atoms with Crippen LogP contribution < -0.4 is 10.6 Å². The number of carboxylic acid groups (broad SMARTS) is 1. The van der Waals surface area contributed by atoms with Crippen LogP contribution in [0.25, 0.3) is 0 Å². The molecule has 0 heterocycles. The van der Waals surface area contributed by atoms with E-state index in [9.17, 15) is 27.6 Å². The average molecular weight is 358 g/mol. The van der Waals surface area contributed by atoms with Gasteiger partial charge in [-0.1, -0.05) is 0 Å². The lowest BCUT2D eigenvalue weighted by molar-refractivity contribution is -0.291. The molecule has 24 heavy (non-hydrogen) atoms. The first-order chi connectivity index (χ1) is 10.8. The Morgan fingerprint density at radius 1 is 1.04 bits per heavy atom. The van der Waals surface area contributed by atoms with Crippen LogP contribution in [0, 0.1) is 0 Å². The normalized spacial score (nSPS) is 12.9. The van der Waals surface area contributed by atoms with Crippen molar-refractivity contribution in [1.82, 2.24) is 10.6 Å². The highest BCUT2D eigenvalue weighted by Crippen LogP contribution is 2.15. The van der Waals surface area contributed by atoms with E-state index in [1.54, 1.807) is 20.8 Å². The van der Waals surface area contributed by atoms with Crippen LogP contribution in [-0.4, -0.2) is 47.8 Å². The van der Waals surface area contributed by atoms with Crippen LogP contribution in [0.5, 0.6) is 0 Å². The van der Waals surface area contributed by atoms with Gasteiger partial charge in [0.1, 0.15) is 11.6 Å². The second-order valence-corrected chi connectivity index (χ2v) is 5.79. The van der Waals surface area contributed by atoms with Crippen molar-refractivity contribution in [3.05, 3.63) is 0 Å². The summed E-state index contributed by atoms with van der Waals surface area (Å²) in [6, 6.07) is -1.21. The minimum Gasteiger partial charge on any atom is -0.480 e. The molecule has 8 nitrogen and oxygen atoms in total. The highest BCUT2D eigenvalue weighted by molar-refractivity contribution is 5.79. The number of alkyl carbamates (subject to hydrolysis) is 2. The van der Waals surface area contributed by atoms with E-state index in [0.717, 1.165) is 0 Å². The zero-order valence-electron chi connectivity index (χ0n) is 13.5. The third kappa shape index (κ3) is 12.4. The number of halogens is 3. The van der Waals surface area contributed by atoms with Gasteiger partial charge in [0.25, 0.3) is 0 Å². The Morgan fingerprint density at radius 3 is 2.08 bits per heavy atom. The molecule has 0 aliphatic carbocycles. The van der Waals surface area contributed by atoms with Gasteiger partial charge < -0.3 is 25.2 Å². The van der Waals surface area contributed by atoms with Crippen LogP contribution in [0.4, 0.5) is 22.8 Å². The number of carbonyl (C=O) groups excluding carboxylic acids is 2. The molecule has 140 valence electrons. The standard InChI is InChI=1S/C13H21F3N2O6/c1-12(2,3)23-11(22)18-8(9(19)20)6-4-5-7-17-10(21)24-13(14,15)16/h8H,4-7H2,1-3H3,(H,17,21)(H,18,22)(H,19,20)/t8-/m0/s1. The van der Waals surface area contributed by atoms with Crippen LogP contribution in [0.1, 0.15) is 40.0 Å². The first-order valence-corrected chi connectivity index (χ1v) is 7.06. The zero-order valence-corrected chi connectivity index (χ0v) is 13.5. The molecule has 0 spiro atoms. The second-order valence-electron chi connectivity index (χ2n) is 5.79. The molecule has 2 amide bonds. The molecule has 0 radical (unpaired) electrons. The molecule has 3 N–H and O–H groups in total. The fourth-order valence-electron chi connectivity index (χ4n) is 1.51. The minimum absolute atomic E-state index is 0.0184. The predicted molar refractivity (Wildman–Crippen MR) is 75.2 cm³/mol. The van der Waals surface area contributed by atoms with Crippen molar-refractivity contribution in [2.24, 2.45) is 0 Å². The van der Waals surface area contributed by atoms with E-state index in [4.69, 9.17) is 9.84 Å². The molecule has 0 aromatic carbocycles. The quantitative estimate of drug-likeness (QED) is 0.602. The minimum atomic E-state index is -5.06. The van der Waals surface area contributed by atoms with Crippen molar-refractivity contribution in [3.8, 4) is 0 Å². The Bertz CT molecular complexity index is 448. The number of amides is 2. The van der Waals surface area contributed by atoms with E-state index in [-0.39, 0.29) is 25.8 Å². The number of unbranched alkanes of at least 4 members (excludes halogenated alkanes) is 1. The molecule has 1 atom stereocenters. The van der Waals surface area contributed by atoms with Gasteiger partial charge >= 0.3 is 24.5 Å². The molecule has 0 saturated carbocycles. The van der Waals surface area contributed by atoms with Crippen molar-refractivity contribution in [2.75, 3.05) is 6.54 Å². The Balaban J connectivity index is 4.09. The van der Waals surface area contributed by atoms with E-state index in [1.807, 2.05) is 5.32 Å². The van der Waals surface area contributed by atoms with Crippen molar-refractivity contribution in [3.63, 3.8) is 0 Å². The summed E-state index contributed by atoms with van der Waals surface area (Å²) in [7, 11) is 0. The van der Waals surface area contributed by atoms with Crippen molar-refractivity contribution in [1.29, 1.82) is 0 Å². The first-order valence-electron chi connectivity index (χ1n) is 7.06. The number of nitrogens with one attached hydrogen (secondary N) is 2. The van der Waals surface area contributed by atoms with Crippen LogP contribution in [-0.2, 0) is 14.3 Å². The number of hydrogen-bond donors (Lipinski definition) is 3. The number of hydrogen-bond acceptors (Lipinski definition) is 5. The number of carbonyl (C=O) groups is 3. The van der Waals surface area contributed by atoms with E-state index < -0.39 is 36.2 Å². The van der Waals surface area contributed by atoms with Crippen LogP contribution in [0.15, 0.2) is 0 Å². The van der Waals surface area contributed by atoms with Gasteiger partial charge in [-0.05, 0) is 40.0 Å². The van der Waals surface area contributed by atoms with E-state index in [0.29, 0.717) is 0 Å². The maximum atomic E-state index is 11.7. The van der Waals surface area contributed by atoms with Gasteiger partial charge in [-0.2, -0.15) is 0 Å². The molecule has 0 aromatic rings. The molecule has 0 aliphatic heterocycles. The molecule has 0 fully saturated rings. The molecule has 11 heteroatoms. The summed E-state index contributed by atoms with van der Waals surface area (Å²) in [5, 5.41) is 13.1. The third-order valence-electron chi connectivity index (χ3n) is 2.39. The lowest BCUT2D eigenvalue weighted by Crippen LogP contribution is -2.43. The van der Waals surface area contributed by atoms with Gasteiger partial charge in [0.05, 0.1) is 0 Å². The molecular weight excluding hydrogens is 337 g/mol. The molecule has 0 unspecified atom stereocenters. The summed E-state index contributed by atoms with van der Waals surface area (Å²) >= 11 is 0. The number of carboxylic acids is 1. The smallest absolute Gasteiger partial charge is 0.480 e. The van der Waals surface area contributed by atoms with Gasteiger partial charge in [-0.15, -0.1) is 13.2 Å². The van der Waals surface area contributed by atoms with E-state index in [1.165, 1.54) is 0 Å². The monoisotopic (exact) mass is 358 g/mol. The summed E-state index contributed by atoms with van der Waals surface area (Å²) in [5.41, 5.74) is -0.782. The highest BCUT2D eigenvalue weighted by Gasteiger charge is 2.33. The molecule has 0 aliphatic rings. The van der Waals surface area contributed by atoms with Gasteiger partial charge in [0, 0.05) is 6.54 Å². The summed E-state index contributed by atoms with van der Waals surface area (Å²) in [6.45, 7) is 4.73. The maximum absolute atomic E-state index is 11.7. The largest absolute Gasteiger partial charge is 0.576 e. The summed E-state index contributed by atoms with van der Waals surface area (Å²) in [4.78, 5) is 33.3.